The number of benzene rings is 2. The van der Waals surface area contributed by atoms with Gasteiger partial charge in [0.15, 0.2) is 17.6 Å². The first-order valence-electron chi connectivity index (χ1n) is 8.53. The van der Waals surface area contributed by atoms with E-state index < -0.39 is 18.0 Å². The normalized spacial score (nSPS) is 11.4. The highest BCUT2D eigenvalue weighted by atomic mass is 35.5. The number of carbonyl (C=O) groups is 2. The van der Waals surface area contributed by atoms with Crippen LogP contribution in [-0.2, 0) is 20.7 Å². The molecule has 0 aliphatic carbocycles. The highest BCUT2D eigenvalue weighted by Crippen LogP contribution is 2.38. The second kappa shape index (κ2) is 10.2. The van der Waals surface area contributed by atoms with Gasteiger partial charge in [-0.1, -0.05) is 23.2 Å². The zero-order valence-corrected chi connectivity index (χ0v) is 17.9. The molecule has 0 radical (unpaired) electrons. The second-order valence-corrected chi connectivity index (χ2v) is 6.80. The van der Waals surface area contributed by atoms with Crippen LogP contribution in [0, 0.1) is 0 Å². The van der Waals surface area contributed by atoms with Crippen LogP contribution in [0.1, 0.15) is 12.5 Å². The Morgan fingerprint density at radius 2 is 1.62 bits per heavy atom. The molecule has 2 aromatic carbocycles. The summed E-state index contributed by atoms with van der Waals surface area (Å²) < 4.78 is 21.0. The van der Waals surface area contributed by atoms with Gasteiger partial charge in [0.1, 0.15) is 0 Å². The van der Waals surface area contributed by atoms with Gasteiger partial charge in [0, 0.05) is 5.02 Å². The Hall–Kier alpha value is -2.64. The third-order valence-corrected chi connectivity index (χ3v) is 4.49. The highest BCUT2D eigenvalue weighted by Gasteiger charge is 2.21. The predicted octanol–water partition coefficient (Wildman–Crippen LogP) is 4.13. The summed E-state index contributed by atoms with van der Waals surface area (Å²) in [6, 6.07) is 7.93. The summed E-state index contributed by atoms with van der Waals surface area (Å²) in [5.41, 5.74) is 0.950. The van der Waals surface area contributed by atoms with Crippen molar-refractivity contribution in [2.24, 2.45) is 0 Å². The molecule has 156 valence electrons. The third-order valence-electron chi connectivity index (χ3n) is 3.94. The van der Waals surface area contributed by atoms with E-state index >= 15 is 0 Å². The lowest BCUT2D eigenvalue weighted by atomic mass is 10.1. The molecule has 0 aromatic heterocycles. The number of anilines is 1. The lowest BCUT2D eigenvalue weighted by molar-refractivity contribution is -0.152. The van der Waals surface area contributed by atoms with Crippen molar-refractivity contribution in [3.8, 4) is 17.2 Å². The average molecular weight is 442 g/mol. The van der Waals surface area contributed by atoms with Crippen molar-refractivity contribution in [2.75, 3.05) is 26.6 Å². The summed E-state index contributed by atoms with van der Waals surface area (Å²) >= 11 is 11.9. The van der Waals surface area contributed by atoms with E-state index in [9.17, 15) is 9.59 Å². The van der Waals surface area contributed by atoms with Gasteiger partial charge < -0.3 is 24.3 Å². The summed E-state index contributed by atoms with van der Waals surface area (Å²) in [5.74, 6) is 0.131. The Labute approximate surface area is 178 Å². The molecule has 29 heavy (non-hydrogen) atoms. The van der Waals surface area contributed by atoms with Gasteiger partial charge in [-0.3, -0.25) is 9.59 Å². The first kappa shape index (κ1) is 22.6. The molecule has 0 spiro atoms. The zero-order chi connectivity index (χ0) is 21.6. The number of halogens is 2. The van der Waals surface area contributed by atoms with Crippen LogP contribution in [0.15, 0.2) is 30.3 Å². The maximum atomic E-state index is 12.3. The highest BCUT2D eigenvalue weighted by molar-refractivity contribution is 6.36. The number of ether oxygens (including phenoxy) is 4. The Kier molecular flexibility index (Phi) is 7.99. The van der Waals surface area contributed by atoms with Crippen molar-refractivity contribution in [1.29, 1.82) is 0 Å². The second-order valence-electron chi connectivity index (χ2n) is 5.96. The Morgan fingerprint density at radius 3 is 2.14 bits per heavy atom. The summed E-state index contributed by atoms with van der Waals surface area (Å²) in [7, 11) is 4.45. The smallest absolute Gasteiger partial charge is 0.311 e. The van der Waals surface area contributed by atoms with E-state index in [1.54, 1.807) is 24.3 Å². The quantitative estimate of drug-likeness (QED) is 0.619. The van der Waals surface area contributed by atoms with Crippen LogP contribution >= 0.6 is 23.2 Å². The van der Waals surface area contributed by atoms with Gasteiger partial charge in [-0.05, 0) is 42.8 Å². The van der Waals surface area contributed by atoms with Gasteiger partial charge >= 0.3 is 5.97 Å². The number of hydrogen-bond donors (Lipinski definition) is 1. The Morgan fingerprint density at radius 1 is 1.00 bits per heavy atom. The molecule has 0 heterocycles. The fourth-order valence-corrected chi connectivity index (χ4v) is 2.98. The van der Waals surface area contributed by atoms with Gasteiger partial charge in [0.25, 0.3) is 5.91 Å². The predicted molar refractivity (Wildman–Crippen MR) is 110 cm³/mol. The van der Waals surface area contributed by atoms with Crippen LogP contribution < -0.4 is 19.5 Å². The number of hydrogen-bond acceptors (Lipinski definition) is 6. The van der Waals surface area contributed by atoms with Gasteiger partial charge in [0.2, 0.25) is 5.75 Å². The molecule has 0 saturated heterocycles. The average Bonchev–Trinajstić information content (AvgIpc) is 2.68. The first-order valence-corrected chi connectivity index (χ1v) is 9.28. The van der Waals surface area contributed by atoms with Crippen molar-refractivity contribution >= 4 is 40.8 Å². The van der Waals surface area contributed by atoms with E-state index in [2.05, 4.69) is 5.32 Å². The number of nitrogens with one attached hydrogen (secondary N) is 1. The SMILES string of the molecule is COc1cc(CC(=O)O[C@@H](C)C(=O)Nc2ccc(Cl)cc2Cl)cc(OC)c1OC. The molecule has 1 atom stereocenters. The molecule has 2 aromatic rings. The van der Waals surface area contributed by atoms with E-state index in [1.807, 2.05) is 0 Å². The molecule has 2 rings (SSSR count). The minimum atomic E-state index is -1.03. The van der Waals surface area contributed by atoms with E-state index in [1.165, 1.54) is 34.3 Å². The van der Waals surface area contributed by atoms with Crippen molar-refractivity contribution < 1.29 is 28.5 Å². The lowest BCUT2D eigenvalue weighted by Crippen LogP contribution is -2.30. The maximum absolute atomic E-state index is 12.3. The zero-order valence-electron chi connectivity index (χ0n) is 16.4. The molecule has 0 saturated carbocycles. The van der Waals surface area contributed by atoms with Crippen LogP contribution in [-0.4, -0.2) is 39.3 Å². The number of amides is 1. The first-order chi connectivity index (χ1) is 13.8. The number of rotatable bonds is 8. The van der Waals surface area contributed by atoms with Crippen LogP contribution in [0.3, 0.4) is 0 Å². The monoisotopic (exact) mass is 441 g/mol. The van der Waals surface area contributed by atoms with Gasteiger partial charge in [-0.25, -0.2) is 0 Å². The van der Waals surface area contributed by atoms with Crippen molar-refractivity contribution in [3.63, 3.8) is 0 Å². The fourth-order valence-electron chi connectivity index (χ4n) is 2.52. The van der Waals surface area contributed by atoms with Crippen LogP contribution in [0.4, 0.5) is 5.69 Å². The molecule has 1 amide bonds. The molecule has 7 nitrogen and oxygen atoms in total. The number of methoxy groups -OCH3 is 3. The van der Waals surface area contributed by atoms with Gasteiger partial charge in [-0.15, -0.1) is 0 Å². The number of esters is 1. The lowest BCUT2D eigenvalue weighted by Gasteiger charge is -2.16. The Bertz CT molecular complexity index is 878. The summed E-state index contributed by atoms with van der Waals surface area (Å²) in [6.45, 7) is 1.46. The largest absolute Gasteiger partial charge is 0.493 e. The van der Waals surface area contributed by atoms with Gasteiger partial charge in [-0.2, -0.15) is 0 Å². The van der Waals surface area contributed by atoms with E-state index in [-0.39, 0.29) is 11.4 Å². The van der Waals surface area contributed by atoms with Crippen LogP contribution in [0.5, 0.6) is 17.2 Å². The molecule has 0 fully saturated rings. The van der Waals surface area contributed by atoms with Crippen molar-refractivity contribution in [2.45, 2.75) is 19.4 Å². The minimum Gasteiger partial charge on any atom is -0.493 e. The molecule has 0 aliphatic rings. The van der Waals surface area contributed by atoms with Crippen LogP contribution in [0.2, 0.25) is 10.0 Å². The fraction of sp³-hybridized carbons (Fsp3) is 0.300. The maximum Gasteiger partial charge on any atom is 0.311 e. The molecule has 9 heteroatoms. The molecule has 1 N–H and O–H groups in total. The van der Waals surface area contributed by atoms with Crippen molar-refractivity contribution in [1.82, 2.24) is 0 Å². The standard InChI is InChI=1S/C20H21Cl2NO6/c1-11(20(25)23-15-6-5-13(21)10-14(15)22)29-18(24)9-12-7-16(26-2)19(28-4)17(8-12)27-3/h5-8,10-11H,9H2,1-4H3,(H,23,25)/t11-/m0/s1. The van der Waals surface area contributed by atoms with Crippen molar-refractivity contribution in [3.05, 3.63) is 45.9 Å². The van der Waals surface area contributed by atoms with Crippen LogP contribution in [0.25, 0.3) is 0 Å². The minimum absolute atomic E-state index is 0.0873. The topological polar surface area (TPSA) is 83.1 Å². The third kappa shape index (κ3) is 5.92. The molecule has 0 bridgehead atoms. The molecule has 0 unspecified atom stereocenters. The molecule has 0 aliphatic heterocycles. The van der Waals surface area contributed by atoms with E-state index in [4.69, 9.17) is 42.1 Å². The molecular weight excluding hydrogens is 421 g/mol. The Balaban J connectivity index is 2.03. The van der Waals surface area contributed by atoms with E-state index in [0.29, 0.717) is 33.5 Å². The van der Waals surface area contributed by atoms with Gasteiger partial charge in [0.05, 0.1) is 38.5 Å². The number of carbonyl (C=O) groups excluding carboxylic acids is 2. The summed E-state index contributed by atoms with van der Waals surface area (Å²) in [4.78, 5) is 24.6. The summed E-state index contributed by atoms with van der Waals surface area (Å²) in [6.07, 6.45) is -1.12. The molecular formula is C20H21Cl2NO6. The summed E-state index contributed by atoms with van der Waals surface area (Å²) in [5, 5.41) is 3.32. The van der Waals surface area contributed by atoms with E-state index in [0.717, 1.165) is 0 Å².